The number of carbonyl (C=O) groups is 1. The SMILES string of the molecule is COc1ccc2nc(-c3ccc(NC(=O)c4ccc(I)nc4)cc3)sc2c1. The van der Waals surface area contributed by atoms with Crippen LogP contribution in [0.5, 0.6) is 5.75 Å². The van der Waals surface area contributed by atoms with Gasteiger partial charge < -0.3 is 10.1 Å². The van der Waals surface area contributed by atoms with Crippen LogP contribution in [0.1, 0.15) is 10.4 Å². The molecule has 2 heterocycles. The second kappa shape index (κ2) is 7.61. The van der Waals surface area contributed by atoms with Gasteiger partial charge in [-0.15, -0.1) is 11.3 Å². The maximum atomic E-state index is 12.3. The number of aromatic nitrogens is 2. The number of carbonyl (C=O) groups excluding carboxylic acids is 1. The number of nitrogens with one attached hydrogen (secondary N) is 1. The van der Waals surface area contributed by atoms with E-state index in [9.17, 15) is 4.79 Å². The van der Waals surface area contributed by atoms with Crippen molar-refractivity contribution in [3.63, 3.8) is 0 Å². The Morgan fingerprint density at radius 1 is 1.11 bits per heavy atom. The number of anilines is 1. The second-order valence-electron chi connectivity index (χ2n) is 5.75. The number of halogens is 1. The summed E-state index contributed by atoms with van der Waals surface area (Å²) in [6.45, 7) is 0. The van der Waals surface area contributed by atoms with E-state index in [4.69, 9.17) is 4.74 Å². The summed E-state index contributed by atoms with van der Waals surface area (Å²) in [5.74, 6) is 0.639. The number of pyridine rings is 1. The molecule has 0 bridgehead atoms. The Labute approximate surface area is 173 Å². The molecule has 4 rings (SSSR count). The van der Waals surface area contributed by atoms with Crippen LogP contribution < -0.4 is 10.1 Å². The van der Waals surface area contributed by atoms with E-state index in [1.807, 2.05) is 42.5 Å². The van der Waals surface area contributed by atoms with Gasteiger partial charge in [-0.05, 0) is 77.2 Å². The van der Waals surface area contributed by atoms with Gasteiger partial charge in [0.2, 0.25) is 0 Å². The maximum Gasteiger partial charge on any atom is 0.257 e. The molecule has 0 saturated heterocycles. The molecule has 0 aliphatic carbocycles. The topological polar surface area (TPSA) is 64.1 Å². The molecule has 27 heavy (non-hydrogen) atoms. The third-order valence-electron chi connectivity index (χ3n) is 3.97. The summed E-state index contributed by atoms with van der Waals surface area (Å²) >= 11 is 3.72. The van der Waals surface area contributed by atoms with Gasteiger partial charge in [-0.25, -0.2) is 9.97 Å². The zero-order chi connectivity index (χ0) is 18.8. The Morgan fingerprint density at radius 3 is 2.63 bits per heavy atom. The van der Waals surface area contributed by atoms with Crippen molar-refractivity contribution in [3.05, 3.63) is 70.1 Å². The summed E-state index contributed by atoms with van der Waals surface area (Å²) < 4.78 is 7.19. The lowest BCUT2D eigenvalue weighted by atomic mass is 10.2. The van der Waals surface area contributed by atoms with E-state index < -0.39 is 0 Å². The molecule has 0 atom stereocenters. The Hall–Kier alpha value is -2.52. The van der Waals surface area contributed by atoms with E-state index in [-0.39, 0.29) is 5.91 Å². The molecule has 0 radical (unpaired) electrons. The molecule has 4 aromatic rings. The van der Waals surface area contributed by atoms with Gasteiger partial charge in [-0.3, -0.25) is 4.79 Å². The summed E-state index contributed by atoms with van der Waals surface area (Å²) in [7, 11) is 1.66. The third-order valence-corrected chi connectivity index (χ3v) is 5.68. The number of nitrogens with zero attached hydrogens (tertiary/aromatic N) is 2. The van der Waals surface area contributed by atoms with Gasteiger partial charge in [0.05, 0.1) is 22.9 Å². The van der Waals surface area contributed by atoms with Crippen molar-refractivity contribution < 1.29 is 9.53 Å². The fourth-order valence-electron chi connectivity index (χ4n) is 2.56. The van der Waals surface area contributed by atoms with E-state index in [0.29, 0.717) is 5.56 Å². The van der Waals surface area contributed by atoms with E-state index in [2.05, 4.69) is 37.9 Å². The van der Waals surface area contributed by atoms with Crippen LogP contribution in [0.2, 0.25) is 0 Å². The van der Waals surface area contributed by atoms with Gasteiger partial charge in [0.1, 0.15) is 14.5 Å². The van der Waals surface area contributed by atoms with Gasteiger partial charge in [-0.2, -0.15) is 0 Å². The minimum atomic E-state index is -0.182. The fraction of sp³-hybridized carbons (Fsp3) is 0.0500. The molecule has 134 valence electrons. The predicted octanol–water partition coefficient (Wildman–Crippen LogP) is 5.22. The Bertz CT molecular complexity index is 1110. The number of ether oxygens (including phenoxy) is 1. The summed E-state index contributed by atoms with van der Waals surface area (Å²) in [5, 5.41) is 3.81. The molecule has 1 N–H and O–H groups in total. The van der Waals surface area contributed by atoms with E-state index >= 15 is 0 Å². The highest BCUT2D eigenvalue weighted by molar-refractivity contribution is 14.1. The molecule has 1 amide bonds. The molecule has 0 unspecified atom stereocenters. The quantitative estimate of drug-likeness (QED) is 0.317. The largest absolute Gasteiger partial charge is 0.497 e. The highest BCUT2D eigenvalue weighted by atomic mass is 127. The van der Waals surface area contributed by atoms with Crippen LogP contribution in [-0.4, -0.2) is 23.0 Å². The first-order valence-electron chi connectivity index (χ1n) is 8.10. The van der Waals surface area contributed by atoms with E-state index in [1.165, 1.54) is 0 Å². The average Bonchev–Trinajstić information content (AvgIpc) is 3.12. The summed E-state index contributed by atoms with van der Waals surface area (Å²) in [4.78, 5) is 21.1. The smallest absolute Gasteiger partial charge is 0.257 e. The predicted molar refractivity (Wildman–Crippen MR) is 117 cm³/mol. The van der Waals surface area contributed by atoms with Gasteiger partial charge in [-0.1, -0.05) is 0 Å². The molecule has 0 saturated carbocycles. The van der Waals surface area contributed by atoms with Crippen LogP contribution in [0, 0.1) is 3.70 Å². The minimum Gasteiger partial charge on any atom is -0.497 e. The Balaban J connectivity index is 1.53. The third kappa shape index (κ3) is 3.93. The zero-order valence-corrected chi connectivity index (χ0v) is 17.2. The first kappa shape index (κ1) is 17.9. The molecular formula is C20H14IN3O2S. The molecule has 0 aliphatic rings. The summed E-state index contributed by atoms with van der Waals surface area (Å²) in [5.41, 5.74) is 3.20. The van der Waals surface area contributed by atoms with Crippen molar-refractivity contribution in [3.8, 4) is 16.3 Å². The molecule has 2 aromatic carbocycles. The standard InChI is InChI=1S/C20H14IN3O2S/c1-26-15-7-8-16-17(10-15)27-20(24-16)12-2-5-14(6-3-12)23-19(25)13-4-9-18(21)22-11-13/h2-11H,1H3,(H,23,25). The van der Waals surface area contributed by atoms with Crippen molar-refractivity contribution in [2.24, 2.45) is 0 Å². The molecule has 0 aliphatic heterocycles. The second-order valence-corrected chi connectivity index (χ2v) is 7.89. The molecule has 2 aromatic heterocycles. The molecule has 0 spiro atoms. The lowest BCUT2D eigenvalue weighted by Crippen LogP contribution is -2.12. The number of hydrogen-bond donors (Lipinski definition) is 1. The number of fused-ring (bicyclic) bond motifs is 1. The van der Waals surface area contributed by atoms with Crippen molar-refractivity contribution in [2.75, 3.05) is 12.4 Å². The van der Waals surface area contributed by atoms with Gasteiger partial charge in [0, 0.05) is 17.4 Å². The summed E-state index contributed by atoms with van der Waals surface area (Å²) in [6.07, 6.45) is 1.57. The minimum absolute atomic E-state index is 0.182. The monoisotopic (exact) mass is 487 g/mol. The fourth-order valence-corrected chi connectivity index (χ4v) is 3.88. The van der Waals surface area contributed by atoms with Crippen LogP contribution in [0.4, 0.5) is 5.69 Å². The normalized spacial score (nSPS) is 10.7. The number of benzene rings is 2. The number of rotatable bonds is 4. The maximum absolute atomic E-state index is 12.3. The Kier molecular flexibility index (Phi) is 5.04. The lowest BCUT2D eigenvalue weighted by Gasteiger charge is -2.05. The molecule has 0 fully saturated rings. The van der Waals surface area contributed by atoms with Crippen LogP contribution in [0.15, 0.2) is 60.8 Å². The van der Waals surface area contributed by atoms with Gasteiger partial charge >= 0.3 is 0 Å². The van der Waals surface area contributed by atoms with Crippen molar-refractivity contribution >= 4 is 55.7 Å². The molecule has 5 nitrogen and oxygen atoms in total. The molecular weight excluding hydrogens is 473 g/mol. The van der Waals surface area contributed by atoms with Crippen LogP contribution in [0.3, 0.4) is 0 Å². The number of thiazole rings is 1. The van der Waals surface area contributed by atoms with Crippen LogP contribution >= 0.6 is 33.9 Å². The number of methoxy groups -OCH3 is 1. The lowest BCUT2D eigenvalue weighted by molar-refractivity contribution is 0.102. The highest BCUT2D eigenvalue weighted by Gasteiger charge is 2.09. The highest BCUT2D eigenvalue weighted by Crippen LogP contribution is 2.32. The summed E-state index contributed by atoms with van der Waals surface area (Å²) in [6, 6.07) is 17.1. The first-order chi connectivity index (χ1) is 13.1. The van der Waals surface area contributed by atoms with Crippen LogP contribution in [-0.2, 0) is 0 Å². The van der Waals surface area contributed by atoms with E-state index in [1.54, 1.807) is 36.8 Å². The van der Waals surface area contributed by atoms with Crippen molar-refractivity contribution in [1.82, 2.24) is 9.97 Å². The van der Waals surface area contributed by atoms with Crippen LogP contribution in [0.25, 0.3) is 20.8 Å². The first-order valence-corrected chi connectivity index (χ1v) is 10.00. The molecule has 7 heteroatoms. The zero-order valence-electron chi connectivity index (χ0n) is 14.3. The number of amides is 1. The number of hydrogen-bond acceptors (Lipinski definition) is 5. The Morgan fingerprint density at radius 2 is 1.93 bits per heavy atom. The van der Waals surface area contributed by atoms with Crippen molar-refractivity contribution in [1.29, 1.82) is 0 Å². The van der Waals surface area contributed by atoms with Gasteiger partial charge in [0.25, 0.3) is 5.91 Å². The van der Waals surface area contributed by atoms with E-state index in [0.717, 1.165) is 35.9 Å². The van der Waals surface area contributed by atoms with Crippen molar-refractivity contribution in [2.45, 2.75) is 0 Å². The van der Waals surface area contributed by atoms with Gasteiger partial charge in [0.15, 0.2) is 0 Å². The average molecular weight is 487 g/mol.